The lowest BCUT2D eigenvalue weighted by Gasteiger charge is -2.14. The number of carbonyl (C=O) groups is 1. The molecule has 0 aliphatic rings. The van der Waals surface area contributed by atoms with Crippen LogP contribution in [0.5, 0.6) is 5.75 Å². The normalized spacial score (nSPS) is 11.7. The third-order valence-corrected chi connectivity index (χ3v) is 5.34. The Kier molecular flexibility index (Phi) is 6.12. The number of hydrogen-bond acceptors (Lipinski definition) is 3. The van der Waals surface area contributed by atoms with Crippen molar-refractivity contribution < 1.29 is 13.9 Å². The Morgan fingerprint density at radius 3 is 2.41 bits per heavy atom. The number of anilines is 1. The van der Waals surface area contributed by atoms with Crippen LogP contribution < -0.4 is 10.1 Å². The van der Waals surface area contributed by atoms with Crippen LogP contribution in [0.2, 0.25) is 0 Å². The maximum Gasteiger partial charge on any atom is 0.248 e. The van der Waals surface area contributed by atoms with Crippen molar-refractivity contribution in [3.8, 4) is 5.75 Å². The van der Waals surface area contributed by atoms with Gasteiger partial charge in [-0.15, -0.1) is 0 Å². The Labute approximate surface area is 172 Å². The van der Waals surface area contributed by atoms with Crippen molar-refractivity contribution in [3.63, 3.8) is 0 Å². The molecule has 0 bridgehead atoms. The summed E-state index contributed by atoms with van der Waals surface area (Å²) in [6.45, 7) is 12.6. The molecular weight excluding hydrogens is 362 g/mol. The fourth-order valence-corrected chi connectivity index (χ4v) is 3.51. The third-order valence-electron chi connectivity index (χ3n) is 5.34. The fourth-order valence-electron chi connectivity index (χ4n) is 3.51. The summed E-state index contributed by atoms with van der Waals surface area (Å²) in [5.41, 5.74) is 6.71. The van der Waals surface area contributed by atoms with E-state index < -0.39 is 0 Å². The van der Waals surface area contributed by atoms with Crippen molar-refractivity contribution in [2.75, 3.05) is 11.9 Å². The topological polar surface area (TPSA) is 51.5 Å². The van der Waals surface area contributed by atoms with E-state index in [-0.39, 0.29) is 5.91 Å². The zero-order valence-electron chi connectivity index (χ0n) is 18.1. The Hall–Kier alpha value is -3.01. The highest BCUT2D eigenvalue weighted by Gasteiger charge is 2.18. The SMILES string of the molecule is CCOc1c(/C(C)=C/C(=O)Nc2ccc(CC)cc2)cc2c(C)c(C)oc2c1C. The average Bonchev–Trinajstić information content (AvgIpc) is 2.99. The molecule has 1 heterocycles. The predicted octanol–water partition coefficient (Wildman–Crippen LogP) is 6.36. The summed E-state index contributed by atoms with van der Waals surface area (Å²) in [4.78, 5) is 12.6. The Bertz CT molecular complexity index is 1070. The van der Waals surface area contributed by atoms with E-state index in [0.29, 0.717) is 6.61 Å². The van der Waals surface area contributed by atoms with Gasteiger partial charge in [0.2, 0.25) is 5.91 Å². The summed E-state index contributed by atoms with van der Waals surface area (Å²) in [7, 11) is 0. The summed E-state index contributed by atoms with van der Waals surface area (Å²) < 4.78 is 11.9. The number of benzene rings is 2. The van der Waals surface area contributed by atoms with Gasteiger partial charge >= 0.3 is 0 Å². The standard InChI is InChI=1S/C25H29NO3/c1-7-19-9-11-20(12-10-19)26-23(27)13-15(3)21-14-22-16(4)18(6)29-25(22)17(5)24(21)28-8-2/h9-14H,7-8H2,1-6H3,(H,26,27)/b15-13+. The predicted molar refractivity (Wildman–Crippen MR) is 120 cm³/mol. The average molecular weight is 392 g/mol. The number of furan rings is 1. The van der Waals surface area contributed by atoms with Crippen molar-refractivity contribution in [3.05, 3.63) is 64.4 Å². The molecule has 29 heavy (non-hydrogen) atoms. The number of allylic oxidation sites excluding steroid dienone is 1. The molecule has 1 aromatic heterocycles. The molecule has 3 rings (SSSR count). The van der Waals surface area contributed by atoms with E-state index in [1.165, 1.54) is 5.56 Å². The first-order valence-corrected chi connectivity index (χ1v) is 10.1. The lowest BCUT2D eigenvalue weighted by molar-refractivity contribution is -0.111. The fraction of sp³-hybridized carbons (Fsp3) is 0.320. The quantitative estimate of drug-likeness (QED) is 0.497. The number of ether oxygens (including phenoxy) is 1. The van der Waals surface area contributed by atoms with E-state index >= 15 is 0 Å². The van der Waals surface area contributed by atoms with Crippen LogP contribution in [0.15, 0.2) is 40.8 Å². The molecule has 3 aromatic rings. The summed E-state index contributed by atoms with van der Waals surface area (Å²) in [5, 5.41) is 4.00. The third kappa shape index (κ3) is 4.21. The van der Waals surface area contributed by atoms with Crippen molar-refractivity contribution in [1.29, 1.82) is 0 Å². The maximum atomic E-state index is 12.6. The van der Waals surface area contributed by atoms with Gasteiger partial charge in [0, 0.05) is 28.3 Å². The van der Waals surface area contributed by atoms with Crippen LogP contribution in [0.4, 0.5) is 5.69 Å². The van der Waals surface area contributed by atoms with E-state index in [1.807, 2.05) is 52.0 Å². The molecule has 4 nitrogen and oxygen atoms in total. The number of aryl methyl sites for hydroxylation is 4. The molecule has 0 aliphatic heterocycles. The van der Waals surface area contributed by atoms with Crippen molar-refractivity contribution in [1.82, 2.24) is 0 Å². The van der Waals surface area contributed by atoms with E-state index in [1.54, 1.807) is 6.08 Å². The first-order chi connectivity index (χ1) is 13.8. The van der Waals surface area contributed by atoms with Crippen molar-refractivity contribution >= 4 is 28.1 Å². The maximum absolute atomic E-state index is 12.6. The van der Waals surface area contributed by atoms with E-state index in [2.05, 4.69) is 25.2 Å². The van der Waals surface area contributed by atoms with Crippen LogP contribution in [0.1, 0.15) is 48.8 Å². The molecule has 0 atom stereocenters. The summed E-state index contributed by atoms with van der Waals surface area (Å²) in [5.74, 6) is 1.51. The van der Waals surface area contributed by atoms with Gasteiger partial charge < -0.3 is 14.5 Å². The molecule has 0 saturated heterocycles. The highest BCUT2D eigenvalue weighted by Crippen LogP contribution is 2.38. The molecule has 1 N–H and O–H groups in total. The van der Waals surface area contributed by atoms with Crippen LogP contribution in [-0.2, 0) is 11.2 Å². The Morgan fingerprint density at radius 1 is 1.10 bits per heavy atom. The van der Waals surface area contributed by atoms with Gasteiger partial charge in [-0.1, -0.05) is 19.1 Å². The van der Waals surface area contributed by atoms with E-state index in [0.717, 1.165) is 56.9 Å². The van der Waals surface area contributed by atoms with E-state index in [4.69, 9.17) is 9.15 Å². The van der Waals surface area contributed by atoms with Crippen LogP contribution in [-0.4, -0.2) is 12.5 Å². The first-order valence-electron chi connectivity index (χ1n) is 10.1. The van der Waals surface area contributed by atoms with Crippen LogP contribution >= 0.6 is 0 Å². The summed E-state index contributed by atoms with van der Waals surface area (Å²) in [6, 6.07) is 9.98. The number of fused-ring (bicyclic) bond motifs is 1. The second kappa shape index (κ2) is 8.56. The van der Waals surface area contributed by atoms with Gasteiger partial charge in [0.05, 0.1) is 6.61 Å². The minimum atomic E-state index is -0.160. The molecule has 152 valence electrons. The molecule has 2 aromatic carbocycles. The number of hydrogen-bond donors (Lipinski definition) is 1. The Balaban J connectivity index is 1.97. The zero-order chi connectivity index (χ0) is 21.1. The monoisotopic (exact) mass is 391 g/mol. The van der Waals surface area contributed by atoms with Gasteiger partial charge in [0.25, 0.3) is 0 Å². The molecule has 1 amide bonds. The molecule has 4 heteroatoms. The van der Waals surface area contributed by atoms with Gasteiger partial charge in [0.1, 0.15) is 17.1 Å². The lowest BCUT2D eigenvalue weighted by Crippen LogP contribution is -2.09. The summed E-state index contributed by atoms with van der Waals surface area (Å²) in [6.07, 6.45) is 2.60. The number of carbonyl (C=O) groups excluding carboxylic acids is 1. The molecule has 0 unspecified atom stereocenters. The lowest BCUT2D eigenvalue weighted by atomic mass is 9.98. The zero-order valence-corrected chi connectivity index (χ0v) is 18.1. The molecule has 0 radical (unpaired) electrons. The molecule has 0 aliphatic carbocycles. The smallest absolute Gasteiger partial charge is 0.248 e. The minimum Gasteiger partial charge on any atom is -0.493 e. The van der Waals surface area contributed by atoms with Gasteiger partial charge in [-0.2, -0.15) is 0 Å². The van der Waals surface area contributed by atoms with Gasteiger partial charge in [-0.25, -0.2) is 0 Å². The number of nitrogens with one attached hydrogen (secondary N) is 1. The molecule has 0 saturated carbocycles. The van der Waals surface area contributed by atoms with Crippen LogP contribution in [0, 0.1) is 20.8 Å². The van der Waals surface area contributed by atoms with Crippen LogP contribution in [0.3, 0.4) is 0 Å². The second-order valence-corrected chi connectivity index (χ2v) is 7.34. The van der Waals surface area contributed by atoms with Gasteiger partial charge in [-0.3, -0.25) is 4.79 Å². The van der Waals surface area contributed by atoms with Gasteiger partial charge in [-0.05, 0) is 75.9 Å². The molecular formula is C25H29NO3. The summed E-state index contributed by atoms with van der Waals surface area (Å²) >= 11 is 0. The minimum absolute atomic E-state index is 0.160. The van der Waals surface area contributed by atoms with E-state index in [9.17, 15) is 4.79 Å². The highest BCUT2D eigenvalue weighted by molar-refractivity contribution is 6.05. The molecule has 0 fully saturated rings. The largest absolute Gasteiger partial charge is 0.493 e. The van der Waals surface area contributed by atoms with Crippen LogP contribution in [0.25, 0.3) is 16.5 Å². The molecule has 0 spiro atoms. The van der Waals surface area contributed by atoms with Crippen molar-refractivity contribution in [2.45, 2.75) is 48.0 Å². The first kappa shape index (κ1) is 20.7. The number of rotatable bonds is 6. The Morgan fingerprint density at radius 2 is 1.79 bits per heavy atom. The van der Waals surface area contributed by atoms with Crippen molar-refractivity contribution in [2.24, 2.45) is 0 Å². The second-order valence-electron chi connectivity index (χ2n) is 7.34. The number of amides is 1. The van der Waals surface area contributed by atoms with Gasteiger partial charge in [0.15, 0.2) is 0 Å². The highest BCUT2D eigenvalue weighted by atomic mass is 16.5.